The molecule has 1 atom stereocenters. The zero-order valence-corrected chi connectivity index (χ0v) is 27.2. The minimum atomic E-state index is -0.684. The summed E-state index contributed by atoms with van der Waals surface area (Å²) < 4.78 is 14.6. The lowest BCUT2D eigenvalue weighted by Gasteiger charge is -2.13. The number of carbonyl (C=O) groups is 3. The lowest BCUT2D eigenvalue weighted by atomic mass is 10.1. The van der Waals surface area contributed by atoms with Gasteiger partial charge >= 0.3 is 0 Å². The van der Waals surface area contributed by atoms with Crippen LogP contribution < -0.4 is 16.0 Å². The van der Waals surface area contributed by atoms with Gasteiger partial charge in [-0.3, -0.25) is 14.4 Å². The Hall–Kier alpha value is -4.48. The molecule has 5 aromatic rings. The quantitative estimate of drug-likeness (QED) is 0.100. The van der Waals surface area contributed by atoms with Gasteiger partial charge in [0.1, 0.15) is 11.5 Å². The first kappa shape index (κ1) is 32.9. The summed E-state index contributed by atoms with van der Waals surface area (Å²) in [7, 11) is 0. The van der Waals surface area contributed by atoms with Crippen molar-refractivity contribution in [3.63, 3.8) is 0 Å². The van der Waals surface area contributed by atoms with Crippen LogP contribution in [-0.2, 0) is 9.59 Å². The molecule has 46 heavy (non-hydrogen) atoms. The lowest BCUT2D eigenvalue weighted by molar-refractivity contribution is -0.115. The number of rotatable bonds is 10. The zero-order chi connectivity index (χ0) is 32.6. The van der Waals surface area contributed by atoms with Gasteiger partial charge in [-0.15, -0.1) is 23.1 Å². The molecule has 0 aliphatic carbocycles. The number of thiazole rings is 1. The summed E-state index contributed by atoms with van der Waals surface area (Å²) in [6.45, 7) is 1.78. The number of carbonyl (C=O) groups excluding carboxylic acids is 3. The molecule has 0 saturated carbocycles. The molecule has 5 rings (SSSR count). The molecular formula is C34H25Cl2FN4O3S2. The summed E-state index contributed by atoms with van der Waals surface area (Å²) in [5.74, 6) is -2.11. The van der Waals surface area contributed by atoms with E-state index in [2.05, 4.69) is 20.9 Å². The van der Waals surface area contributed by atoms with E-state index in [9.17, 15) is 18.8 Å². The molecule has 3 N–H and O–H groups in total. The molecule has 0 bridgehead atoms. The Bertz CT molecular complexity index is 1900. The molecule has 1 heterocycles. The number of amides is 3. The van der Waals surface area contributed by atoms with E-state index < -0.39 is 22.9 Å². The molecule has 7 nitrogen and oxygen atoms in total. The smallest absolute Gasteiger partial charge is 0.272 e. The monoisotopic (exact) mass is 690 g/mol. The van der Waals surface area contributed by atoms with Crippen molar-refractivity contribution in [2.45, 2.75) is 17.1 Å². The normalized spacial score (nSPS) is 11.9. The van der Waals surface area contributed by atoms with E-state index in [0.717, 1.165) is 10.5 Å². The Kier molecular flexibility index (Phi) is 10.9. The van der Waals surface area contributed by atoms with Gasteiger partial charge in [0.05, 0.1) is 16.0 Å². The molecule has 0 saturated heterocycles. The van der Waals surface area contributed by atoms with Gasteiger partial charge < -0.3 is 16.0 Å². The van der Waals surface area contributed by atoms with Crippen LogP contribution in [0.3, 0.4) is 0 Å². The molecule has 0 aliphatic heterocycles. The van der Waals surface area contributed by atoms with Crippen LogP contribution in [0, 0.1) is 5.82 Å². The number of hydrogen-bond acceptors (Lipinski definition) is 6. The summed E-state index contributed by atoms with van der Waals surface area (Å²) in [6.07, 6.45) is 1.19. The van der Waals surface area contributed by atoms with Crippen molar-refractivity contribution >= 4 is 80.9 Å². The number of benzene rings is 4. The van der Waals surface area contributed by atoms with Gasteiger partial charge in [-0.05, 0) is 67.6 Å². The number of nitrogens with one attached hydrogen (secondary N) is 3. The molecule has 1 unspecified atom stereocenters. The van der Waals surface area contributed by atoms with E-state index in [1.165, 1.54) is 47.4 Å². The van der Waals surface area contributed by atoms with Gasteiger partial charge in [0.15, 0.2) is 5.13 Å². The van der Waals surface area contributed by atoms with Crippen molar-refractivity contribution in [3.05, 3.63) is 135 Å². The average Bonchev–Trinajstić information content (AvgIpc) is 3.51. The van der Waals surface area contributed by atoms with Crippen LogP contribution in [0.2, 0.25) is 10.0 Å². The summed E-state index contributed by atoms with van der Waals surface area (Å²) in [5.41, 5.74) is 1.95. The summed E-state index contributed by atoms with van der Waals surface area (Å²) in [4.78, 5) is 44.3. The first-order valence-electron chi connectivity index (χ1n) is 13.8. The Morgan fingerprint density at radius 1 is 0.870 bits per heavy atom. The van der Waals surface area contributed by atoms with Crippen molar-refractivity contribution in [2.75, 3.05) is 10.6 Å². The molecule has 0 spiro atoms. The van der Waals surface area contributed by atoms with E-state index in [1.807, 2.05) is 23.6 Å². The van der Waals surface area contributed by atoms with Gasteiger partial charge in [0.2, 0.25) is 5.91 Å². The maximum Gasteiger partial charge on any atom is 0.272 e. The number of halogens is 3. The standard InChI is InChI=1S/C34H25Cl2FN4O3S2/c1-20(31(42)41-34-40-30(19-45-34)24-10-5-6-11-26(24)35)46-23-16-14-22(15-17-23)38-33(44)29(18-25-27(36)12-7-13-28(25)37)39-32(43)21-8-3-2-4-9-21/h2-20H,1H3,(H,38,44)(H,39,43)(H,40,41,42)/b29-18-. The Morgan fingerprint density at radius 2 is 1.57 bits per heavy atom. The molecule has 3 amide bonds. The molecule has 1 aromatic heterocycles. The number of aromatic nitrogens is 1. The third-order valence-electron chi connectivity index (χ3n) is 6.50. The molecule has 232 valence electrons. The largest absolute Gasteiger partial charge is 0.321 e. The van der Waals surface area contributed by atoms with Crippen LogP contribution in [0.25, 0.3) is 17.3 Å². The first-order valence-corrected chi connectivity index (χ1v) is 16.3. The lowest BCUT2D eigenvalue weighted by Crippen LogP contribution is -2.30. The van der Waals surface area contributed by atoms with Crippen LogP contribution in [0.4, 0.5) is 15.2 Å². The van der Waals surface area contributed by atoms with Crippen molar-refractivity contribution < 1.29 is 18.8 Å². The van der Waals surface area contributed by atoms with Gasteiger partial charge in [-0.25, -0.2) is 9.37 Å². The van der Waals surface area contributed by atoms with Gasteiger partial charge in [-0.2, -0.15) is 0 Å². The molecular weight excluding hydrogens is 666 g/mol. The highest BCUT2D eigenvalue weighted by Gasteiger charge is 2.19. The second kappa shape index (κ2) is 15.2. The fourth-order valence-corrected chi connectivity index (χ4v) is 6.17. The Labute approximate surface area is 282 Å². The van der Waals surface area contributed by atoms with Crippen molar-refractivity contribution in [3.8, 4) is 11.3 Å². The summed E-state index contributed by atoms with van der Waals surface area (Å²) >= 11 is 15.1. The third-order valence-corrected chi connectivity index (χ3v) is 9.02. The minimum absolute atomic E-state index is 0.0421. The van der Waals surface area contributed by atoms with Gasteiger partial charge in [-0.1, -0.05) is 65.7 Å². The second-order valence-electron chi connectivity index (χ2n) is 9.76. The third kappa shape index (κ3) is 8.41. The highest BCUT2D eigenvalue weighted by Crippen LogP contribution is 2.31. The van der Waals surface area contributed by atoms with E-state index in [1.54, 1.807) is 67.6 Å². The van der Waals surface area contributed by atoms with Crippen molar-refractivity contribution in [1.29, 1.82) is 0 Å². The summed E-state index contributed by atoms with van der Waals surface area (Å²) in [6, 6.07) is 26.6. The van der Waals surface area contributed by atoms with E-state index in [0.29, 0.717) is 27.1 Å². The predicted octanol–water partition coefficient (Wildman–Crippen LogP) is 8.78. The highest BCUT2D eigenvalue weighted by molar-refractivity contribution is 8.00. The SMILES string of the molecule is CC(Sc1ccc(NC(=O)/C(=C/c2c(F)cccc2Cl)NC(=O)c2ccccc2)cc1)C(=O)Nc1nc(-c2ccccc2Cl)cs1. The fraction of sp³-hybridized carbons (Fsp3) is 0.0588. The molecule has 0 radical (unpaired) electrons. The van der Waals surface area contributed by atoms with Crippen LogP contribution in [0.5, 0.6) is 0 Å². The highest BCUT2D eigenvalue weighted by atomic mass is 35.5. The summed E-state index contributed by atoms with van der Waals surface area (Å²) in [5, 5.41) is 10.6. The van der Waals surface area contributed by atoms with Crippen LogP contribution >= 0.6 is 46.3 Å². The van der Waals surface area contributed by atoms with E-state index >= 15 is 0 Å². The molecule has 4 aromatic carbocycles. The van der Waals surface area contributed by atoms with Crippen LogP contribution in [0.1, 0.15) is 22.8 Å². The topological polar surface area (TPSA) is 100 Å². The Morgan fingerprint density at radius 3 is 2.28 bits per heavy atom. The van der Waals surface area contributed by atoms with Crippen LogP contribution in [-0.4, -0.2) is 28.0 Å². The number of anilines is 2. The fourth-order valence-electron chi connectivity index (χ4n) is 4.14. The average molecular weight is 692 g/mol. The molecule has 12 heteroatoms. The van der Waals surface area contributed by atoms with Gasteiger partial charge in [0, 0.05) is 37.7 Å². The molecule has 0 aliphatic rings. The second-order valence-corrected chi connectivity index (χ2v) is 12.8. The molecule has 0 fully saturated rings. The number of nitrogens with zero attached hydrogens (tertiary/aromatic N) is 1. The van der Waals surface area contributed by atoms with Crippen LogP contribution in [0.15, 0.2) is 113 Å². The minimum Gasteiger partial charge on any atom is -0.321 e. The first-order chi connectivity index (χ1) is 22.2. The van der Waals surface area contributed by atoms with Gasteiger partial charge in [0.25, 0.3) is 11.8 Å². The van der Waals surface area contributed by atoms with Crippen molar-refractivity contribution in [2.24, 2.45) is 0 Å². The number of thioether (sulfide) groups is 1. The van der Waals surface area contributed by atoms with E-state index in [-0.39, 0.29) is 22.2 Å². The zero-order valence-electron chi connectivity index (χ0n) is 24.1. The maximum atomic E-state index is 14.6. The number of hydrogen-bond donors (Lipinski definition) is 3. The van der Waals surface area contributed by atoms with E-state index in [4.69, 9.17) is 23.2 Å². The van der Waals surface area contributed by atoms with Crippen molar-refractivity contribution in [1.82, 2.24) is 10.3 Å². The predicted molar refractivity (Wildman–Crippen MR) is 185 cm³/mol. The maximum absolute atomic E-state index is 14.6. The Balaban J connectivity index is 1.24.